The van der Waals surface area contributed by atoms with Gasteiger partial charge in [0.15, 0.2) is 5.69 Å². The number of hydrazine groups is 1. The summed E-state index contributed by atoms with van der Waals surface area (Å²) in [6.45, 7) is 6.47. The molecule has 0 unspecified atom stereocenters. The van der Waals surface area contributed by atoms with Crippen LogP contribution in [0.25, 0.3) is 0 Å². The quantitative estimate of drug-likeness (QED) is 0.312. The fourth-order valence-electron chi connectivity index (χ4n) is 3.15. The van der Waals surface area contributed by atoms with Crippen LogP contribution in [0.15, 0.2) is 6.20 Å². The molecule has 0 spiro atoms. The van der Waals surface area contributed by atoms with E-state index in [0.29, 0.717) is 24.7 Å². The summed E-state index contributed by atoms with van der Waals surface area (Å²) in [6.07, 6.45) is -3.22. The van der Waals surface area contributed by atoms with Crippen molar-refractivity contribution in [3.8, 4) is 0 Å². The number of ether oxygens (including phenoxy) is 1. The van der Waals surface area contributed by atoms with Crippen LogP contribution in [0.5, 0.6) is 0 Å². The molecule has 1 aliphatic rings. The second kappa shape index (κ2) is 10.1. The molecule has 13 heteroatoms. The minimum Gasteiger partial charge on any atom is -0.378 e. The van der Waals surface area contributed by atoms with E-state index in [2.05, 4.69) is 20.8 Å². The van der Waals surface area contributed by atoms with Gasteiger partial charge in [-0.05, 0) is 11.8 Å². The topological polar surface area (TPSA) is 120 Å². The van der Waals surface area contributed by atoms with Crippen molar-refractivity contribution in [3.05, 3.63) is 11.9 Å². The number of amides is 2. The molecular weight excluding hydrogens is 421 g/mol. The minimum atomic E-state index is -4.73. The fraction of sp³-hybridized carbons (Fsp3) is 0.667. The van der Waals surface area contributed by atoms with Gasteiger partial charge in [0.25, 0.3) is 0 Å². The monoisotopic (exact) mass is 448 g/mol. The van der Waals surface area contributed by atoms with Crippen LogP contribution in [0.3, 0.4) is 0 Å². The summed E-state index contributed by atoms with van der Waals surface area (Å²) in [4.78, 5) is 32.1. The van der Waals surface area contributed by atoms with Gasteiger partial charge in [0, 0.05) is 13.1 Å². The number of hydrogen-bond acceptors (Lipinski definition) is 8. The molecule has 0 bridgehead atoms. The molecule has 2 amide bonds. The number of morpholine rings is 1. The molecular formula is C18H27F3N6O4. The fourth-order valence-corrected chi connectivity index (χ4v) is 3.15. The maximum atomic E-state index is 13.5. The number of hydrogen-bond donors (Lipinski definition) is 3. The summed E-state index contributed by atoms with van der Waals surface area (Å²) in [5.41, 5.74) is 2.94. The van der Waals surface area contributed by atoms with Gasteiger partial charge in [-0.3, -0.25) is 25.6 Å². The third kappa shape index (κ3) is 7.51. The molecule has 2 heterocycles. The van der Waals surface area contributed by atoms with Gasteiger partial charge in [0.2, 0.25) is 18.3 Å². The van der Waals surface area contributed by atoms with Crippen molar-refractivity contribution in [3.63, 3.8) is 0 Å². The lowest BCUT2D eigenvalue weighted by Crippen LogP contribution is -2.42. The molecule has 1 saturated heterocycles. The second-order valence-electron chi connectivity index (χ2n) is 8.33. The Hall–Kier alpha value is -2.67. The SMILES string of the molecule is CC(C)(C)C[C@H](CN(O)C=O)C(=O)NNc1ncc(N2CCOCC2)c(C(F)(F)F)n1. The number of hydroxylamine groups is 2. The highest BCUT2D eigenvalue weighted by molar-refractivity contribution is 5.80. The third-order valence-electron chi connectivity index (χ3n) is 4.45. The van der Waals surface area contributed by atoms with Gasteiger partial charge in [-0.1, -0.05) is 20.8 Å². The van der Waals surface area contributed by atoms with Crippen LogP contribution in [0.4, 0.5) is 24.8 Å². The van der Waals surface area contributed by atoms with Gasteiger partial charge in [-0.2, -0.15) is 13.2 Å². The average molecular weight is 448 g/mol. The van der Waals surface area contributed by atoms with Crippen molar-refractivity contribution < 1.29 is 32.7 Å². The van der Waals surface area contributed by atoms with Crippen molar-refractivity contribution in [2.45, 2.75) is 33.4 Å². The maximum absolute atomic E-state index is 13.5. The van der Waals surface area contributed by atoms with Crippen LogP contribution in [-0.4, -0.2) is 65.4 Å². The van der Waals surface area contributed by atoms with E-state index in [1.165, 1.54) is 4.90 Å². The zero-order chi connectivity index (χ0) is 23.2. The Bertz CT molecular complexity index is 766. The van der Waals surface area contributed by atoms with Crippen molar-refractivity contribution in [1.29, 1.82) is 0 Å². The van der Waals surface area contributed by atoms with Crippen molar-refractivity contribution in [2.75, 3.05) is 43.2 Å². The molecule has 1 atom stereocenters. The van der Waals surface area contributed by atoms with E-state index in [0.717, 1.165) is 6.20 Å². The van der Waals surface area contributed by atoms with Crippen LogP contribution in [0.2, 0.25) is 0 Å². The molecule has 174 valence electrons. The summed E-state index contributed by atoms with van der Waals surface area (Å²) in [5.74, 6) is -1.90. The van der Waals surface area contributed by atoms with Crippen LogP contribution >= 0.6 is 0 Å². The number of aromatic nitrogens is 2. The number of nitrogens with zero attached hydrogens (tertiary/aromatic N) is 4. The van der Waals surface area contributed by atoms with Gasteiger partial charge >= 0.3 is 6.18 Å². The molecule has 0 saturated carbocycles. The first kappa shape index (κ1) is 24.6. The minimum absolute atomic E-state index is 0.166. The Kier molecular flexibility index (Phi) is 8.01. The third-order valence-corrected chi connectivity index (χ3v) is 4.45. The normalized spacial score (nSPS) is 15.9. The van der Waals surface area contributed by atoms with E-state index >= 15 is 0 Å². The van der Waals surface area contributed by atoms with E-state index in [-0.39, 0.29) is 37.1 Å². The Morgan fingerprint density at radius 2 is 2.00 bits per heavy atom. The summed E-state index contributed by atoms with van der Waals surface area (Å²) < 4.78 is 45.8. The Labute approximate surface area is 177 Å². The first-order chi connectivity index (χ1) is 14.4. The Morgan fingerprint density at radius 1 is 1.35 bits per heavy atom. The number of rotatable bonds is 8. The molecule has 0 aliphatic carbocycles. The number of anilines is 2. The highest BCUT2D eigenvalue weighted by Gasteiger charge is 2.38. The molecule has 1 fully saturated rings. The van der Waals surface area contributed by atoms with E-state index in [1.807, 2.05) is 20.8 Å². The number of halogens is 3. The van der Waals surface area contributed by atoms with E-state index < -0.39 is 29.6 Å². The lowest BCUT2D eigenvalue weighted by Gasteiger charge is -2.30. The first-order valence-electron chi connectivity index (χ1n) is 9.64. The molecule has 3 N–H and O–H groups in total. The van der Waals surface area contributed by atoms with Crippen molar-refractivity contribution >= 4 is 24.0 Å². The van der Waals surface area contributed by atoms with Crippen LogP contribution < -0.4 is 15.8 Å². The maximum Gasteiger partial charge on any atom is 0.435 e. The largest absolute Gasteiger partial charge is 0.435 e. The van der Waals surface area contributed by atoms with Gasteiger partial charge in [-0.25, -0.2) is 15.0 Å². The van der Waals surface area contributed by atoms with Gasteiger partial charge in [0.05, 0.1) is 37.6 Å². The van der Waals surface area contributed by atoms with Crippen LogP contribution in [0, 0.1) is 11.3 Å². The summed E-state index contributed by atoms with van der Waals surface area (Å²) >= 11 is 0. The average Bonchev–Trinajstić information content (AvgIpc) is 2.70. The number of alkyl halides is 3. The molecule has 0 aromatic carbocycles. The predicted octanol–water partition coefficient (Wildman–Crippen LogP) is 1.68. The molecule has 31 heavy (non-hydrogen) atoms. The van der Waals surface area contributed by atoms with E-state index in [4.69, 9.17) is 4.74 Å². The number of carbonyl (C=O) groups excluding carboxylic acids is 2. The molecule has 2 rings (SSSR count). The molecule has 1 aromatic heterocycles. The second-order valence-corrected chi connectivity index (χ2v) is 8.33. The van der Waals surface area contributed by atoms with Gasteiger partial charge < -0.3 is 9.64 Å². The summed E-state index contributed by atoms with van der Waals surface area (Å²) in [6, 6.07) is 0. The van der Waals surface area contributed by atoms with E-state index in [9.17, 15) is 28.0 Å². The lowest BCUT2D eigenvalue weighted by atomic mass is 9.84. The molecule has 1 aliphatic heterocycles. The summed E-state index contributed by atoms with van der Waals surface area (Å²) in [7, 11) is 0. The molecule has 0 radical (unpaired) electrons. The standard InChI is InChI=1S/C18H27F3N6O4/c1-17(2,3)8-12(10-27(30)11-28)15(29)24-25-16-22-9-13(14(23-16)18(19,20)21)26-4-6-31-7-5-26/h9,11-12,30H,4-8,10H2,1-3H3,(H,24,29)(H,22,23,25)/t12-/m1/s1. The zero-order valence-corrected chi connectivity index (χ0v) is 17.6. The highest BCUT2D eigenvalue weighted by atomic mass is 19.4. The number of carbonyl (C=O) groups is 2. The smallest absolute Gasteiger partial charge is 0.378 e. The molecule has 1 aromatic rings. The predicted molar refractivity (Wildman–Crippen MR) is 104 cm³/mol. The van der Waals surface area contributed by atoms with Crippen molar-refractivity contribution in [1.82, 2.24) is 20.5 Å². The Balaban J connectivity index is 2.15. The van der Waals surface area contributed by atoms with Gasteiger partial charge in [-0.15, -0.1) is 0 Å². The Morgan fingerprint density at radius 3 is 2.55 bits per heavy atom. The van der Waals surface area contributed by atoms with Crippen molar-refractivity contribution in [2.24, 2.45) is 11.3 Å². The summed E-state index contributed by atoms with van der Waals surface area (Å²) in [5, 5.41) is 9.78. The van der Waals surface area contributed by atoms with Crippen LogP contribution in [0.1, 0.15) is 32.9 Å². The van der Waals surface area contributed by atoms with Crippen LogP contribution in [-0.2, 0) is 20.5 Å². The van der Waals surface area contributed by atoms with Gasteiger partial charge in [0.1, 0.15) is 0 Å². The molecule has 10 nitrogen and oxygen atoms in total. The lowest BCUT2D eigenvalue weighted by molar-refractivity contribution is -0.155. The highest BCUT2D eigenvalue weighted by Crippen LogP contribution is 2.35. The number of nitrogens with one attached hydrogen (secondary N) is 2. The first-order valence-corrected chi connectivity index (χ1v) is 9.64. The van der Waals surface area contributed by atoms with E-state index in [1.54, 1.807) is 0 Å². The zero-order valence-electron chi connectivity index (χ0n) is 17.6.